The van der Waals surface area contributed by atoms with Crippen LogP contribution in [0.3, 0.4) is 0 Å². The third-order valence-corrected chi connectivity index (χ3v) is 3.47. The van der Waals surface area contributed by atoms with Crippen LogP contribution in [0.2, 0.25) is 0 Å². The molecule has 0 aliphatic rings. The fraction of sp³-hybridized carbons (Fsp3) is 0. The maximum Gasteiger partial charge on any atom is 0.291 e. The molecule has 3 aromatic rings. The minimum atomic E-state index is -0.539. The van der Waals surface area contributed by atoms with E-state index >= 15 is 0 Å². The minimum Gasteiger partial charge on any atom is -0.508 e. The molecule has 1 heterocycles. The second kappa shape index (κ2) is 7.85. The van der Waals surface area contributed by atoms with E-state index in [2.05, 4.69) is 10.6 Å². The standard InChI is InChI=1S/C20H16N2O4/c23-16-10-8-14(9-11-16)13-17(22-20(25)18-7-4-12-26-18)19(24)21-15-5-2-1-3-6-15/h1-13,23H,(H,21,24)(H,22,25)/b17-13-. The van der Waals surface area contributed by atoms with Crippen molar-refractivity contribution in [3.63, 3.8) is 0 Å². The molecule has 0 radical (unpaired) electrons. The van der Waals surface area contributed by atoms with Crippen molar-refractivity contribution < 1.29 is 19.1 Å². The third kappa shape index (κ3) is 4.39. The van der Waals surface area contributed by atoms with Crippen LogP contribution in [-0.2, 0) is 4.79 Å². The first-order valence-electron chi connectivity index (χ1n) is 7.84. The van der Waals surface area contributed by atoms with Crippen molar-refractivity contribution in [3.8, 4) is 5.75 Å². The Balaban J connectivity index is 1.86. The lowest BCUT2D eigenvalue weighted by atomic mass is 10.1. The number of hydrogen-bond acceptors (Lipinski definition) is 4. The van der Waals surface area contributed by atoms with Crippen molar-refractivity contribution in [1.82, 2.24) is 5.32 Å². The fourth-order valence-corrected chi connectivity index (χ4v) is 2.21. The Kier molecular flexibility index (Phi) is 5.14. The Morgan fingerprint density at radius 1 is 0.923 bits per heavy atom. The van der Waals surface area contributed by atoms with Gasteiger partial charge in [0.25, 0.3) is 11.8 Å². The normalized spacial score (nSPS) is 11.0. The SMILES string of the molecule is O=C(Nc1ccccc1)/C(=C/c1ccc(O)cc1)NC(=O)c1ccco1. The summed E-state index contributed by atoms with van der Waals surface area (Å²) >= 11 is 0. The lowest BCUT2D eigenvalue weighted by Crippen LogP contribution is -2.30. The first-order chi connectivity index (χ1) is 12.6. The van der Waals surface area contributed by atoms with E-state index in [1.165, 1.54) is 30.5 Å². The van der Waals surface area contributed by atoms with Crippen LogP contribution >= 0.6 is 0 Å². The van der Waals surface area contributed by atoms with Crippen molar-refractivity contribution in [3.05, 3.63) is 90.0 Å². The van der Waals surface area contributed by atoms with Crippen LogP contribution in [0.15, 0.2) is 83.1 Å². The molecule has 0 saturated heterocycles. The molecule has 6 nitrogen and oxygen atoms in total. The number of furan rings is 1. The number of aromatic hydroxyl groups is 1. The maximum absolute atomic E-state index is 12.6. The highest BCUT2D eigenvalue weighted by atomic mass is 16.3. The maximum atomic E-state index is 12.6. The lowest BCUT2D eigenvalue weighted by Gasteiger charge is -2.10. The van der Waals surface area contributed by atoms with Gasteiger partial charge in [-0.25, -0.2) is 0 Å². The number of phenolic OH excluding ortho intramolecular Hbond substituents is 1. The average molecular weight is 348 g/mol. The van der Waals surface area contributed by atoms with Crippen LogP contribution in [-0.4, -0.2) is 16.9 Å². The predicted octanol–water partition coefficient (Wildman–Crippen LogP) is 3.39. The number of para-hydroxylation sites is 1. The van der Waals surface area contributed by atoms with Crippen LogP contribution in [0, 0.1) is 0 Å². The molecule has 3 rings (SSSR count). The summed E-state index contributed by atoms with van der Waals surface area (Å²) < 4.78 is 5.06. The first kappa shape index (κ1) is 17.0. The highest BCUT2D eigenvalue weighted by Crippen LogP contribution is 2.14. The summed E-state index contributed by atoms with van der Waals surface area (Å²) in [6.45, 7) is 0. The topological polar surface area (TPSA) is 91.6 Å². The molecule has 6 heteroatoms. The Hall–Kier alpha value is -3.80. The monoisotopic (exact) mass is 348 g/mol. The van der Waals surface area contributed by atoms with E-state index in [4.69, 9.17) is 4.42 Å². The number of rotatable bonds is 5. The van der Waals surface area contributed by atoms with Gasteiger partial charge in [0.2, 0.25) is 0 Å². The zero-order valence-electron chi connectivity index (χ0n) is 13.7. The molecule has 0 unspecified atom stereocenters. The number of amides is 2. The smallest absolute Gasteiger partial charge is 0.291 e. The largest absolute Gasteiger partial charge is 0.508 e. The molecule has 2 amide bonds. The minimum absolute atomic E-state index is 0.0425. The summed E-state index contributed by atoms with van der Waals surface area (Å²) in [6.07, 6.45) is 2.89. The molecule has 0 atom stereocenters. The van der Waals surface area contributed by atoms with Crippen LogP contribution < -0.4 is 10.6 Å². The molecule has 1 aromatic heterocycles. The van der Waals surface area contributed by atoms with E-state index in [1.807, 2.05) is 6.07 Å². The average Bonchev–Trinajstić information content (AvgIpc) is 3.18. The molecular weight excluding hydrogens is 332 g/mol. The summed E-state index contributed by atoms with van der Waals surface area (Å²) in [5.74, 6) is -0.821. The van der Waals surface area contributed by atoms with E-state index in [0.29, 0.717) is 11.3 Å². The van der Waals surface area contributed by atoms with Gasteiger partial charge < -0.3 is 20.2 Å². The summed E-state index contributed by atoms with van der Waals surface area (Å²) in [4.78, 5) is 24.9. The molecule has 0 fully saturated rings. The second-order valence-corrected chi connectivity index (χ2v) is 5.40. The quantitative estimate of drug-likeness (QED) is 0.616. The highest BCUT2D eigenvalue weighted by Gasteiger charge is 2.16. The van der Waals surface area contributed by atoms with Crippen molar-refractivity contribution in [2.24, 2.45) is 0 Å². The third-order valence-electron chi connectivity index (χ3n) is 3.47. The van der Waals surface area contributed by atoms with Gasteiger partial charge in [-0.2, -0.15) is 0 Å². The van der Waals surface area contributed by atoms with Gasteiger partial charge in [0, 0.05) is 5.69 Å². The van der Waals surface area contributed by atoms with E-state index in [0.717, 1.165) is 0 Å². The molecule has 0 spiro atoms. The van der Waals surface area contributed by atoms with Gasteiger partial charge in [-0.15, -0.1) is 0 Å². The van der Waals surface area contributed by atoms with Crippen molar-refractivity contribution in [1.29, 1.82) is 0 Å². The van der Waals surface area contributed by atoms with Crippen LogP contribution in [0.5, 0.6) is 5.75 Å². The molecule has 0 bridgehead atoms. The summed E-state index contributed by atoms with van der Waals surface area (Å²) in [5, 5.41) is 14.7. The van der Waals surface area contributed by atoms with Crippen molar-refractivity contribution >= 4 is 23.6 Å². The number of phenols is 1. The van der Waals surface area contributed by atoms with E-state index < -0.39 is 11.8 Å². The molecule has 0 aliphatic heterocycles. The molecular formula is C20H16N2O4. The van der Waals surface area contributed by atoms with Crippen LogP contribution in [0.25, 0.3) is 6.08 Å². The summed E-state index contributed by atoms with van der Waals surface area (Å²) in [5.41, 5.74) is 1.28. The predicted molar refractivity (Wildman–Crippen MR) is 97.3 cm³/mol. The van der Waals surface area contributed by atoms with Crippen LogP contribution in [0.1, 0.15) is 16.1 Å². The summed E-state index contributed by atoms with van der Waals surface area (Å²) in [7, 11) is 0. The molecule has 0 saturated carbocycles. The van der Waals surface area contributed by atoms with Gasteiger partial charge in [-0.3, -0.25) is 9.59 Å². The lowest BCUT2D eigenvalue weighted by molar-refractivity contribution is -0.113. The number of anilines is 1. The molecule has 26 heavy (non-hydrogen) atoms. The zero-order valence-corrected chi connectivity index (χ0v) is 13.7. The highest BCUT2D eigenvalue weighted by molar-refractivity contribution is 6.10. The van der Waals surface area contributed by atoms with Gasteiger partial charge in [-0.05, 0) is 48.0 Å². The van der Waals surface area contributed by atoms with E-state index in [1.54, 1.807) is 42.5 Å². The Labute approximate surface area is 149 Å². The molecule has 2 aromatic carbocycles. The number of carbonyl (C=O) groups is 2. The zero-order chi connectivity index (χ0) is 18.4. The van der Waals surface area contributed by atoms with E-state index in [-0.39, 0.29) is 17.2 Å². The van der Waals surface area contributed by atoms with Crippen LogP contribution in [0.4, 0.5) is 5.69 Å². The Bertz CT molecular complexity index is 914. The van der Waals surface area contributed by atoms with Gasteiger partial charge in [0.15, 0.2) is 5.76 Å². The molecule has 0 aliphatic carbocycles. The Morgan fingerprint density at radius 3 is 2.31 bits per heavy atom. The van der Waals surface area contributed by atoms with Gasteiger partial charge >= 0.3 is 0 Å². The van der Waals surface area contributed by atoms with E-state index in [9.17, 15) is 14.7 Å². The first-order valence-corrected chi connectivity index (χ1v) is 7.84. The molecule has 3 N–H and O–H groups in total. The van der Waals surface area contributed by atoms with Crippen molar-refractivity contribution in [2.75, 3.05) is 5.32 Å². The van der Waals surface area contributed by atoms with Gasteiger partial charge in [-0.1, -0.05) is 30.3 Å². The van der Waals surface area contributed by atoms with Crippen molar-refractivity contribution in [2.45, 2.75) is 0 Å². The number of hydrogen-bond donors (Lipinski definition) is 3. The molecule has 130 valence electrons. The van der Waals surface area contributed by atoms with Gasteiger partial charge in [0.05, 0.1) is 6.26 Å². The number of benzene rings is 2. The second-order valence-electron chi connectivity index (χ2n) is 5.40. The number of nitrogens with one attached hydrogen (secondary N) is 2. The Morgan fingerprint density at radius 2 is 1.65 bits per heavy atom. The number of carbonyl (C=O) groups excluding carboxylic acids is 2. The fourth-order valence-electron chi connectivity index (χ4n) is 2.21. The summed E-state index contributed by atoms with van der Waals surface area (Å²) in [6, 6.07) is 18.2. The van der Waals surface area contributed by atoms with Gasteiger partial charge in [0.1, 0.15) is 11.4 Å².